The van der Waals surface area contributed by atoms with Crippen LogP contribution >= 0.6 is 0 Å². The molecule has 0 bridgehead atoms. The smallest absolute Gasteiger partial charge is 0.147 e. The summed E-state index contributed by atoms with van der Waals surface area (Å²) in [7, 11) is 0. The Morgan fingerprint density at radius 3 is 1.38 bits per heavy atom. The molecule has 1 heterocycles. The third-order valence-electron chi connectivity index (χ3n) is 4.66. The number of hydrogen-bond acceptors (Lipinski definition) is 2. The van der Waals surface area contributed by atoms with E-state index in [1.54, 1.807) is 0 Å². The van der Waals surface area contributed by atoms with Crippen molar-refractivity contribution in [2.24, 2.45) is 0 Å². The predicted molar refractivity (Wildman–Crippen MR) is 90.6 cm³/mol. The maximum atomic E-state index is 5.77. The van der Waals surface area contributed by atoms with Gasteiger partial charge in [-0.1, -0.05) is 90.9 Å². The highest BCUT2D eigenvalue weighted by atomic mass is 16.7. The quantitative estimate of drug-likeness (QED) is 0.354. The Balaban J connectivity index is 1.97. The fraction of sp³-hybridized carbons (Fsp3) is 1.00. The Labute approximate surface area is 133 Å². The molecule has 1 aliphatic rings. The summed E-state index contributed by atoms with van der Waals surface area (Å²) >= 11 is 0. The molecule has 1 rings (SSSR count). The minimum atomic E-state index is 0.381. The molecule has 2 heteroatoms. The lowest BCUT2D eigenvalue weighted by Crippen LogP contribution is -2.22. The van der Waals surface area contributed by atoms with Gasteiger partial charge in [0.2, 0.25) is 0 Å². The summed E-state index contributed by atoms with van der Waals surface area (Å²) in [6, 6.07) is 0. The van der Waals surface area contributed by atoms with Crippen molar-refractivity contribution < 1.29 is 9.47 Å². The first-order chi connectivity index (χ1) is 10.4. The van der Waals surface area contributed by atoms with Gasteiger partial charge in [0.25, 0.3) is 0 Å². The van der Waals surface area contributed by atoms with Crippen molar-refractivity contribution in [3.8, 4) is 0 Å². The molecule has 0 saturated carbocycles. The normalized spacial score (nSPS) is 22.0. The van der Waals surface area contributed by atoms with Crippen LogP contribution in [0.25, 0.3) is 0 Å². The van der Waals surface area contributed by atoms with E-state index in [1.807, 2.05) is 0 Å². The highest BCUT2D eigenvalue weighted by Crippen LogP contribution is 2.24. The average Bonchev–Trinajstić information content (AvgIpc) is 2.94. The molecule has 2 unspecified atom stereocenters. The van der Waals surface area contributed by atoms with Gasteiger partial charge in [0, 0.05) is 0 Å². The van der Waals surface area contributed by atoms with Crippen molar-refractivity contribution >= 4 is 0 Å². The fourth-order valence-corrected chi connectivity index (χ4v) is 3.22. The Kier molecular flexibility index (Phi) is 12.3. The summed E-state index contributed by atoms with van der Waals surface area (Å²) in [5, 5.41) is 0. The molecule has 126 valence electrons. The van der Waals surface area contributed by atoms with Gasteiger partial charge in [0.1, 0.15) is 6.79 Å². The fourth-order valence-electron chi connectivity index (χ4n) is 3.22. The third-order valence-corrected chi connectivity index (χ3v) is 4.66. The first-order valence-electron chi connectivity index (χ1n) is 9.61. The highest BCUT2D eigenvalue weighted by molar-refractivity contribution is 4.74. The van der Waals surface area contributed by atoms with Crippen LogP contribution in [0.2, 0.25) is 0 Å². The van der Waals surface area contributed by atoms with Crippen LogP contribution in [0.1, 0.15) is 104 Å². The molecule has 2 atom stereocenters. The Morgan fingerprint density at radius 2 is 0.952 bits per heavy atom. The van der Waals surface area contributed by atoms with E-state index in [1.165, 1.54) is 89.9 Å². The van der Waals surface area contributed by atoms with E-state index in [9.17, 15) is 0 Å². The molecule has 0 aromatic carbocycles. The molecule has 0 spiro atoms. The summed E-state index contributed by atoms with van der Waals surface area (Å²) < 4.78 is 11.5. The second-order valence-corrected chi connectivity index (χ2v) is 6.64. The second-order valence-electron chi connectivity index (χ2n) is 6.64. The summed E-state index contributed by atoms with van der Waals surface area (Å²) in [4.78, 5) is 0. The van der Waals surface area contributed by atoms with Gasteiger partial charge in [-0.05, 0) is 12.8 Å². The lowest BCUT2D eigenvalue weighted by Gasteiger charge is -2.16. The Bertz CT molecular complexity index is 218. The maximum Gasteiger partial charge on any atom is 0.147 e. The summed E-state index contributed by atoms with van der Waals surface area (Å²) in [5.41, 5.74) is 0. The van der Waals surface area contributed by atoms with E-state index in [0.717, 1.165) is 0 Å². The molecule has 0 aromatic heterocycles. The van der Waals surface area contributed by atoms with Crippen molar-refractivity contribution in [2.45, 2.75) is 116 Å². The number of unbranched alkanes of at least 4 members (excludes halogenated alkanes) is 10. The largest absolute Gasteiger partial charge is 0.349 e. The topological polar surface area (TPSA) is 18.5 Å². The number of rotatable bonds is 14. The van der Waals surface area contributed by atoms with Gasteiger partial charge in [-0.2, -0.15) is 0 Å². The van der Waals surface area contributed by atoms with E-state index in [-0.39, 0.29) is 0 Å². The highest BCUT2D eigenvalue weighted by Gasteiger charge is 2.27. The lowest BCUT2D eigenvalue weighted by molar-refractivity contribution is 0.0359. The molecule has 0 amide bonds. The van der Waals surface area contributed by atoms with Crippen molar-refractivity contribution in [1.29, 1.82) is 0 Å². The molecule has 1 fully saturated rings. The van der Waals surface area contributed by atoms with E-state index >= 15 is 0 Å². The van der Waals surface area contributed by atoms with Gasteiger partial charge in [0.15, 0.2) is 0 Å². The molecule has 21 heavy (non-hydrogen) atoms. The zero-order chi connectivity index (χ0) is 15.2. The van der Waals surface area contributed by atoms with Crippen molar-refractivity contribution in [3.63, 3.8) is 0 Å². The van der Waals surface area contributed by atoms with Gasteiger partial charge < -0.3 is 9.47 Å². The van der Waals surface area contributed by atoms with Gasteiger partial charge >= 0.3 is 0 Å². The summed E-state index contributed by atoms with van der Waals surface area (Å²) in [6.07, 6.45) is 19.6. The van der Waals surface area contributed by atoms with Gasteiger partial charge in [-0.15, -0.1) is 0 Å². The molecule has 2 nitrogen and oxygen atoms in total. The zero-order valence-corrected chi connectivity index (χ0v) is 14.6. The average molecular weight is 299 g/mol. The number of ether oxygens (including phenoxy) is 2. The van der Waals surface area contributed by atoms with Gasteiger partial charge in [-0.3, -0.25) is 0 Å². The molecule has 0 radical (unpaired) electrons. The van der Waals surface area contributed by atoms with Crippen LogP contribution in [0.4, 0.5) is 0 Å². The van der Waals surface area contributed by atoms with E-state index in [0.29, 0.717) is 19.0 Å². The molecule has 0 aliphatic carbocycles. The van der Waals surface area contributed by atoms with E-state index < -0.39 is 0 Å². The Morgan fingerprint density at radius 1 is 0.571 bits per heavy atom. The molecule has 1 aliphatic heterocycles. The van der Waals surface area contributed by atoms with Crippen molar-refractivity contribution in [3.05, 3.63) is 0 Å². The van der Waals surface area contributed by atoms with Crippen molar-refractivity contribution in [2.75, 3.05) is 6.79 Å². The molecule has 1 saturated heterocycles. The van der Waals surface area contributed by atoms with Crippen LogP contribution in [-0.4, -0.2) is 19.0 Å². The summed E-state index contributed by atoms with van der Waals surface area (Å²) in [6.45, 7) is 5.08. The van der Waals surface area contributed by atoms with Crippen molar-refractivity contribution in [1.82, 2.24) is 0 Å². The van der Waals surface area contributed by atoms with Crippen LogP contribution < -0.4 is 0 Å². The van der Waals surface area contributed by atoms with E-state index in [2.05, 4.69) is 13.8 Å². The van der Waals surface area contributed by atoms with Crippen LogP contribution in [0.5, 0.6) is 0 Å². The van der Waals surface area contributed by atoms with Gasteiger partial charge in [0.05, 0.1) is 12.2 Å². The minimum Gasteiger partial charge on any atom is -0.349 e. The molecule has 0 N–H and O–H groups in total. The summed E-state index contributed by atoms with van der Waals surface area (Å²) in [5.74, 6) is 0. The van der Waals surface area contributed by atoms with Gasteiger partial charge in [-0.25, -0.2) is 0 Å². The monoisotopic (exact) mass is 298 g/mol. The standard InChI is InChI=1S/C19H38O2/c1-3-5-7-9-10-12-14-16-19-18(20-17-21-19)15-13-11-8-6-4-2/h18-19H,3-17H2,1-2H3. The molecule has 0 aromatic rings. The zero-order valence-electron chi connectivity index (χ0n) is 14.6. The van der Waals surface area contributed by atoms with Crippen LogP contribution in [0, 0.1) is 0 Å². The van der Waals surface area contributed by atoms with Crippen LogP contribution in [0.3, 0.4) is 0 Å². The SMILES string of the molecule is CCCCCCCCCC1OCOC1CCCCCCC. The van der Waals surface area contributed by atoms with Crippen LogP contribution in [0.15, 0.2) is 0 Å². The van der Waals surface area contributed by atoms with E-state index in [4.69, 9.17) is 9.47 Å². The maximum absolute atomic E-state index is 5.77. The first-order valence-corrected chi connectivity index (χ1v) is 9.61. The molecular formula is C19H38O2. The third kappa shape index (κ3) is 9.52. The number of hydrogen-bond donors (Lipinski definition) is 0. The Hall–Kier alpha value is -0.0800. The first kappa shape index (κ1) is 19.0. The minimum absolute atomic E-state index is 0.381. The molecular weight excluding hydrogens is 260 g/mol. The predicted octanol–water partition coefficient (Wildman–Crippen LogP) is 6.23. The lowest BCUT2D eigenvalue weighted by atomic mass is 10.00. The second kappa shape index (κ2) is 13.6. The van der Waals surface area contributed by atoms with Crippen LogP contribution in [-0.2, 0) is 9.47 Å².